The molecule has 0 radical (unpaired) electrons. The van der Waals surface area contributed by atoms with Crippen LogP contribution in [0.15, 0.2) is 127 Å². The molecular formula is C26H19S3+. The predicted molar refractivity (Wildman–Crippen MR) is 128 cm³/mol. The van der Waals surface area contributed by atoms with Crippen LogP contribution in [0.4, 0.5) is 0 Å². The molecule has 0 amide bonds. The summed E-state index contributed by atoms with van der Waals surface area (Å²) < 4.78 is 2.86. The summed E-state index contributed by atoms with van der Waals surface area (Å²) in [5.74, 6) is 0. The third kappa shape index (κ3) is 3.69. The lowest BCUT2D eigenvalue weighted by Crippen LogP contribution is -2.03. The van der Waals surface area contributed by atoms with Crippen molar-refractivity contribution in [3.8, 4) is 22.3 Å². The van der Waals surface area contributed by atoms with Crippen LogP contribution in [0, 0.1) is 0 Å². The highest BCUT2D eigenvalue weighted by Gasteiger charge is 2.36. The fraction of sp³-hybridized carbons (Fsp3) is 0. The Bertz CT molecular complexity index is 1110. The van der Waals surface area contributed by atoms with E-state index in [0.29, 0.717) is 0 Å². The molecule has 0 fully saturated rings. The maximum Gasteiger partial charge on any atom is 0.229 e. The van der Waals surface area contributed by atoms with Gasteiger partial charge in [-0.05, 0) is 46.2 Å². The van der Waals surface area contributed by atoms with E-state index in [9.17, 15) is 0 Å². The Labute approximate surface area is 182 Å². The Morgan fingerprint density at radius 1 is 0.448 bits per heavy atom. The number of rotatable bonds is 5. The number of hydrogen-bond donors (Lipinski definition) is 0. The second kappa shape index (κ2) is 8.42. The smallest absolute Gasteiger partial charge is 0.0929 e. The van der Waals surface area contributed by atoms with Crippen LogP contribution in [0.1, 0.15) is 0 Å². The fourth-order valence-electron chi connectivity index (χ4n) is 3.43. The first-order valence-electron chi connectivity index (χ1n) is 9.47. The van der Waals surface area contributed by atoms with Gasteiger partial charge in [-0.15, -0.1) is 0 Å². The number of benzene rings is 3. The first-order valence-corrected chi connectivity index (χ1v) is 12.5. The van der Waals surface area contributed by atoms with Gasteiger partial charge in [0.2, 0.25) is 8.42 Å². The van der Waals surface area contributed by atoms with Crippen molar-refractivity contribution in [2.45, 2.75) is 13.3 Å². The zero-order chi connectivity index (χ0) is 19.5. The van der Waals surface area contributed by atoms with Gasteiger partial charge in [0.1, 0.15) is 10.9 Å². The van der Waals surface area contributed by atoms with Gasteiger partial charge in [0, 0.05) is 11.1 Å². The maximum atomic E-state index is 2.27. The molecular weight excluding hydrogens is 408 g/mol. The average Bonchev–Trinajstić information content (AvgIpc) is 3.47. The van der Waals surface area contributed by atoms with Crippen molar-refractivity contribution in [2.75, 3.05) is 0 Å². The van der Waals surface area contributed by atoms with Crippen LogP contribution in [0.5, 0.6) is 0 Å². The van der Waals surface area contributed by atoms with Crippen molar-refractivity contribution in [1.82, 2.24) is 0 Å². The quantitative estimate of drug-likeness (QED) is 0.248. The molecule has 0 unspecified atom stereocenters. The lowest BCUT2D eigenvalue weighted by molar-refractivity contribution is 1.41. The first kappa shape index (κ1) is 18.4. The monoisotopic (exact) mass is 427 g/mol. The van der Waals surface area contributed by atoms with Crippen molar-refractivity contribution < 1.29 is 0 Å². The average molecular weight is 428 g/mol. The van der Waals surface area contributed by atoms with Gasteiger partial charge in [0.15, 0.2) is 4.90 Å². The molecule has 0 saturated carbocycles. The highest BCUT2D eigenvalue weighted by atomic mass is 32.2. The molecule has 0 saturated heterocycles. The highest BCUT2D eigenvalue weighted by Crippen LogP contribution is 2.45. The molecule has 0 aliphatic rings. The fourth-order valence-corrected chi connectivity index (χ4v) is 8.88. The summed E-state index contributed by atoms with van der Waals surface area (Å²) in [6.07, 6.45) is 0. The van der Waals surface area contributed by atoms with Crippen LogP contribution < -0.4 is 0 Å². The van der Waals surface area contributed by atoms with Crippen molar-refractivity contribution >= 4 is 33.6 Å². The van der Waals surface area contributed by atoms with Crippen LogP contribution >= 0.6 is 22.7 Å². The van der Waals surface area contributed by atoms with Gasteiger partial charge in [-0.3, -0.25) is 0 Å². The van der Waals surface area contributed by atoms with Crippen molar-refractivity contribution in [1.29, 1.82) is 0 Å². The molecule has 5 rings (SSSR count). The largest absolute Gasteiger partial charge is 0.229 e. The van der Waals surface area contributed by atoms with E-state index >= 15 is 0 Å². The maximum absolute atomic E-state index is 2.27. The minimum atomic E-state index is -0.139. The molecule has 0 nitrogen and oxygen atoms in total. The summed E-state index contributed by atoms with van der Waals surface area (Å²) >= 11 is 3.74. The minimum Gasteiger partial charge on any atom is -0.0929 e. The molecule has 5 aromatic rings. The molecule has 3 aromatic carbocycles. The van der Waals surface area contributed by atoms with E-state index < -0.39 is 0 Å². The highest BCUT2D eigenvalue weighted by molar-refractivity contribution is 8.00. The Kier molecular flexibility index (Phi) is 5.35. The zero-order valence-corrected chi connectivity index (χ0v) is 18.1. The van der Waals surface area contributed by atoms with Gasteiger partial charge in [0.05, 0.1) is 0 Å². The standard InChI is InChI=1S/C26H19S3/c1-4-10-20(11-5-1)23-16-18-27-25(23)29(22-14-8-3-9-15-22)26-24(17-19-28-26)21-12-6-2-7-13-21/h1-19H/q+1. The Hall–Kier alpha value is -2.59. The second-order valence-electron chi connectivity index (χ2n) is 6.59. The molecule has 0 spiro atoms. The Morgan fingerprint density at radius 3 is 1.31 bits per heavy atom. The Balaban J connectivity index is 1.71. The first-order chi connectivity index (χ1) is 14.4. The normalized spacial score (nSPS) is 11.1. The zero-order valence-electron chi connectivity index (χ0n) is 15.7. The van der Waals surface area contributed by atoms with E-state index in [-0.39, 0.29) is 10.9 Å². The van der Waals surface area contributed by atoms with Crippen molar-refractivity contribution in [3.05, 3.63) is 114 Å². The van der Waals surface area contributed by atoms with Crippen LogP contribution in [-0.4, -0.2) is 0 Å². The van der Waals surface area contributed by atoms with Crippen LogP contribution in [-0.2, 0) is 10.9 Å². The van der Waals surface area contributed by atoms with Crippen molar-refractivity contribution in [2.24, 2.45) is 0 Å². The molecule has 140 valence electrons. The predicted octanol–water partition coefficient (Wildman–Crippen LogP) is 8.24. The topological polar surface area (TPSA) is 0 Å². The molecule has 3 heteroatoms. The van der Waals surface area contributed by atoms with Gasteiger partial charge in [-0.1, -0.05) is 102 Å². The molecule has 0 bridgehead atoms. The van der Waals surface area contributed by atoms with E-state index in [1.165, 1.54) is 35.6 Å². The van der Waals surface area contributed by atoms with E-state index in [0.717, 1.165) is 0 Å². The number of hydrogen-bond acceptors (Lipinski definition) is 2. The summed E-state index contributed by atoms with van der Waals surface area (Å²) in [6.45, 7) is 0. The van der Waals surface area contributed by atoms with E-state index in [4.69, 9.17) is 0 Å². The van der Waals surface area contributed by atoms with Crippen LogP contribution in [0.3, 0.4) is 0 Å². The number of thiophene rings is 2. The van der Waals surface area contributed by atoms with E-state index in [2.05, 4.69) is 114 Å². The molecule has 0 atom stereocenters. The summed E-state index contributed by atoms with van der Waals surface area (Å²) in [6, 6.07) is 37.0. The second-order valence-corrected chi connectivity index (χ2v) is 10.8. The van der Waals surface area contributed by atoms with Gasteiger partial charge >= 0.3 is 0 Å². The van der Waals surface area contributed by atoms with Crippen LogP contribution in [0.25, 0.3) is 22.3 Å². The third-order valence-electron chi connectivity index (χ3n) is 4.78. The van der Waals surface area contributed by atoms with Gasteiger partial charge in [0.25, 0.3) is 0 Å². The van der Waals surface area contributed by atoms with Gasteiger partial charge < -0.3 is 0 Å². The molecule has 2 heterocycles. The third-order valence-corrected chi connectivity index (χ3v) is 9.69. The lowest BCUT2D eigenvalue weighted by atomic mass is 10.1. The minimum absolute atomic E-state index is 0.139. The van der Waals surface area contributed by atoms with Gasteiger partial charge in [-0.25, -0.2) is 0 Å². The molecule has 0 aliphatic carbocycles. The Morgan fingerprint density at radius 2 is 0.862 bits per heavy atom. The molecule has 2 aromatic heterocycles. The van der Waals surface area contributed by atoms with Gasteiger partial charge in [-0.2, -0.15) is 0 Å². The van der Waals surface area contributed by atoms with Crippen LogP contribution in [0.2, 0.25) is 0 Å². The summed E-state index contributed by atoms with van der Waals surface area (Å²) in [7, 11) is -0.139. The SMILES string of the molecule is c1ccc(-c2ccsc2[S+](c2ccccc2)c2sccc2-c2ccccc2)cc1. The summed E-state index contributed by atoms with van der Waals surface area (Å²) in [5.41, 5.74) is 5.26. The summed E-state index contributed by atoms with van der Waals surface area (Å²) in [5, 5.41) is 4.47. The lowest BCUT2D eigenvalue weighted by Gasteiger charge is -2.09. The van der Waals surface area contributed by atoms with E-state index in [1.807, 2.05) is 22.7 Å². The van der Waals surface area contributed by atoms with E-state index in [1.54, 1.807) is 0 Å². The molecule has 0 aliphatic heterocycles. The van der Waals surface area contributed by atoms with Crippen molar-refractivity contribution in [3.63, 3.8) is 0 Å². The molecule has 29 heavy (non-hydrogen) atoms. The summed E-state index contributed by atoms with van der Waals surface area (Å²) in [4.78, 5) is 1.37. The molecule has 0 N–H and O–H groups in total.